The minimum absolute atomic E-state index is 0.165. The number of nitrogens with zero attached hydrogens (tertiary/aromatic N) is 2. The van der Waals surface area contributed by atoms with Gasteiger partial charge in [0.2, 0.25) is 5.89 Å². The van der Waals surface area contributed by atoms with E-state index >= 15 is 0 Å². The molecule has 114 valence electrons. The summed E-state index contributed by atoms with van der Waals surface area (Å²) >= 11 is 0. The van der Waals surface area contributed by atoms with Crippen LogP contribution in [0.1, 0.15) is 11.7 Å². The Balaban J connectivity index is 1.71. The Morgan fingerprint density at radius 3 is 2.76 bits per heavy atom. The molecule has 0 aliphatic heterocycles. The lowest BCUT2D eigenvalue weighted by Gasteiger charge is -2.14. The van der Waals surface area contributed by atoms with Gasteiger partial charge < -0.3 is 24.4 Å². The molecular weight excluding hydrogens is 274 g/mol. The van der Waals surface area contributed by atoms with Crippen LogP contribution in [-0.4, -0.2) is 41.6 Å². The number of nitrogens with one attached hydrogen (secondary N) is 1. The van der Waals surface area contributed by atoms with Gasteiger partial charge in [-0.1, -0.05) is 17.3 Å². The summed E-state index contributed by atoms with van der Waals surface area (Å²) in [5, 5.41) is 16.6. The molecule has 0 radical (unpaired) electrons. The molecule has 0 saturated carbocycles. The number of aryl methyl sites for hydroxylation is 1. The standard InChI is InChI=1S/C14H19N3O4/c1-10-16-14(17-21-10)8-15-7-11(18)9-20-13-6-4-3-5-12(13)19-2/h3-6,11,15,18H,7-9H2,1-2H3. The van der Waals surface area contributed by atoms with E-state index in [1.807, 2.05) is 12.1 Å². The molecule has 0 aliphatic carbocycles. The monoisotopic (exact) mass is 293 g/mol. The number of hydrogen-bond acceptors (Lipinski definition) is 7. The van der Waals surface area contributed by atoms with Crippen LogP contribution in [0, 0.1) is 6.92 Å². The van der Waals surface area contributed by atoms with Gasteiger partial charge >= 0.3 is 0 Å². The van der Waals surface area contributed by atoms with E-state index in [1.165, 1.54) is 0 Å². The first-order valence-electron chi connectivity index (χ1n) is 6.63. The maximum absolute atomic E-state index is 9.86. The summed E-state index contributed by atoms with van der Waals surface area (Å²) in [4.78, 5) is 4.05. The predicted molar refractivity (Wildman–Crippen MR) is 75.2 cm³/mol. The van der Waals surface area contributed by atoms with E-state index in [2.05, 4.69) is 15.5 Å². The number of aliphatic hydroxyl groups is 1. The average molecular weight is 293 g/mol. The van der Waals surface area contributed by atoms with Gasteiger partial charge in [0, 0.05) is 13.5 Å². The number of aliphatic hydroxyl groups excluding tert-OH is 1. The van der Waals surface area contributed by atoms with Gasteiger partial charge in [-0.25, -0.2) is 0 Å². The van der Waals surface area contributed by atoms with Crippen molar-refractivity contribution >= 4 is 0 Å². The normalized spacial score (nSPS) is 12.1. The van der Waals surface area contributed by atoms with Crippen LogP contribution in [0.5, 0.6) is 11.5 Å². The van der Waals surface area contributed by atoms with Crippen LogP contribution in [0.3, 0.4) is 0 Å². The number of methoxy groups -OCH3 is 1. The molecule has 1 aromatic carbocycles. The fourth-order valence-electron chi connectivity index (χ4n) is 1.75. The number of rotatable bonds is 8. The van der Waals surface area contributed by atoms with Crippen molar-refractivity contribution in [2.24, 2.45) is 0 Å². The predicted octanol–water partition coefficient (Wildman–Crippen LogP) is 0.916. The van der Waals surface area contributed by atoms with Crippen molar-refractivity contribution in [2.75, 3.05) is 20.3 Å². The largest absolute Gasteiger partial charge is 0.493 e. The van der Waals surface area contributed by atoms with Crippen molar-refractivity contribution in [2.45, 2.75) is 19.6 Å². The van der Waals surface area contributed by atoms with Crippen LogP contribution in [0.25, 0.3) is 0 Å². The molecule has 2 rings (SSSR count). The number of benzene rings is 1. The Morgan fingerprint density at radius 2 is 2.10 bits per heavy atom. The molecule has 2 N–H and O–H groups in total. The molecule has 0 aliphatic rings. The highest BCUT2D eigenvalue weighted by Gasteiger charge is 2.09. The Morgan fingerprint density at radius 1 is 1.33 bits per heavy atom. The van der Waals surface area contributed by atoms with E-state index in [1.54, 1.807) is 26.2 Å². The number of ether oxygens (including phenoxy) is 2. The van der Waals surface area contributed by atoms with E-state index in [-0.39, 0.29) is 6.61 Å². The second kappa shape index (κ2) is 7.61. The van der Waals surface area contributed by atoms with E-state index < -0.39 is 6.10 Å². The zero-order valence-electron chi connectivity index (χ0n) is 12.1. The highest BCUT2D eigenvalue weighted by atomic mass is 16.5. The van der Waals surface area contributed by atoms with E-state index in [0.29, 0.717) is 36.3 Å². The highest BCUT2D eigenvalue weighted by molar-refractivity contribution is 5.39. The van der Waals surface area contributed by atoms with Gasteiger partial charge in [0.05, 0.1) is 13.7 Å². The maximum Gasteiger partial charge on any atom is 0.223 e. The van der Waals surface area contributed by atoms with Gasteiger partial charge in [-0.15, -0.1) is 0 Å². The van der Waals surface area contributed by atoms with Crippen molar-refractivity contribution in [3.63, 3.8) is 0 Å². The van der Waals surface area contributed by atoms with Gasteiger partial charge in [-0.05, 0) is 12.1 Å². The fourth-order valence-corrected chi connectivity index (χ4v) is 1.75. The molecule has 1 aromatic heterocycles. The van der Waals surface area contributed by atoms with Gasteiger partial charge in [0.15, 0.2) is 17.3 Å². The SMILES string of the molecule is COc1ccccc1OCC(O)CNCc1noc(C)n1. The maximum atomic E-state index is 9.86. The lowest BCUT2D eigenvalue weighted by atomic mass is 10.3. The molecular formula is C14H19N3O4. The first-order valence-corrected chi connectivity index (χ1v) is 6.63. The zero-order chi connectivity index (χ0) is 15.1. The summed E-state index contributed by atoms with van der Waals surface area (Å²) < 4.78 is 15.6. The quantitative estimate of drug-likeness (QED) is 0.748. The zero-order valence-corrected chi connectivity index (χ0v) is 12.1. The molecule has 1 unspecified atom stereocenters. The van der Waals surface area contributed by atoms with Crippen molar-refractivity contribution in [1.82, 2.24) is 15.5 Å². The van der Waals surface area contributed by atoms with Gasteiger partial charge in [0.25, 0.3) is 0 Å². The van der Waals surface area contributed by atoms with Crippen LogP contribution < -0.4 is 14.8 Å². The summed E-state index contributed by atoms with van der Waals surface area (Å²) in [7, 11) is 1.58. The van der Waals surface area contributed by atoms with Crippen LogP contribution in [0.4, 0.5) is 0 Å². The van der Waals surface area contributed by atoms with E-state index in [4.69, 9.17) is 14.0 Å². The smallest absolute Gasteiger partial charge is 0.223 e. The Kier molecular flexibility index (Phi) is 5.53. The minimum atomic E-state index is -0.650. The molecule has 7 nitrogen and oxygen atoms in total. The summed E-state index contributed by atoms with van der Waals surface area (Å²) in [6.45, 7) is 2.69. The fraction of sp³-hybridized carbons (Fsp3) is 0.429. The minimum Gasteiger partial charge on any atom is -0.493 e. The third-order valence-corrected chi connectivity index (χ3v) is 2.73. The molecule has 0 bridgehead atoms. The van der Waals surface area contributed by atoms with E-state index in [9.17, 15) is 5.11 Å². The van der Waals surface area contributed by atoms with Crippen molar-refractivity contribution in [3.05, 3.63) is 36.0 Å². The lowest BCUT2D eigenvalue weighted by Crippen LogP contribution is -2.31. The van der Waals surface area contributed by atoms with Crippen LogP contribution in [0.2, 0.25) is 0 Å². The van der Waals surface area contributed by atoms with Gasteiger partial charge in [-0.3, -0.25) is 0 Å². The Hall–Kier alpha value is -2.12. The lowest BCUT2D eigenvalue weighted by molar-refractivity contribution is 0.104. The Labute approximate surface area is 122 Å². The molecule has 21 heavy (non-hydrogen) atoms. The second-order valence-corrected chi connectivity index (χ2v) is 4.48. The first kappa shape index (κ1) is 15.3. The van der Waals surface area contributed by atoms with E-state index in [0.717, 1.165) is 0 Å². The summed E-state index contributed by atoms with van der Waals surface area (Å²) in [6, 6.07) is 7.30. The topological polar surface area (TPSA) is 89.6 Å². The second-order valence-electron chi connectivity index (χ2n) is 4.48. The summed E-state index contributed by atoms with van der Waals surface area (Å²) in [6.07, 6.45) is -0.650. The Bertz CT molecular complexity index is 559. The molecule has 1 atom stereocenters. The molecule has 2 aromatic rings. The van der Waals surface area contributed by atoms with Crippen molar-refractivity contribution < 1.29 is 19.1 Å². The molecule has 0 spiro atoms. The van der Waals surface area contributed by atoms with Crippen LogP contribution in [0.15, 0.2) is 28.8 Å². The average Bonchev–Trinajstić information content (AvgIpc) is 2.91. The summed E-state index contributed by atoms with van der Waals surface area (Å²) in [5.41, 5.74) is 0. The number of hydrogen-bond donors (Lipinski definition) is 2. The van der Waals surface area contributed by atoms with Crippen LogP contribution in [-0.2, 0) is 6.54 Å². The third kappa shape index (κ3) is 4.73. The first-order chi connectivity index (χ1) is 10.2. The van der Waals surface area contributed by atoms with Gasteiger partial charge in [0.1, 0.15) is 12.7 Å². The third-order valence-electron chi connectivity index (χ3n) is 2.73. The summed E-state index contributed by atoms with van der Waals surface area (Å²) in [5.74, 6) is 2.32. The van der Waals surface area contributed by atoms with Crippen molar-refractivity contribution in [1.29, 1.82) is 0 Å². The number of aromatic nitrogens is 2. The number of para-hydroxylation sites is 2. The van der Waals surface area contributed by atoms with Crippen LogP contribution >= 0.6 is 0 Å². The molecule has 1 heterocycles. The van der Waals surface area contributed by atoms with Gasteiger partial charge in [-0.2, -0.15) is 4.98 Å². The molecule has 7 heteroatoms. The van der Waals surface area contributed by atoms with Crippen molar-refractivity contribution in [3.8, 4) is 11.5 Å². The molecule has 0 saturated heterocycles. The molecule has 0 fully saturated rings. The highest BCUT2D eigenvalue weighted by Crippen LogP contribution is 2.25. The molecule has 0 amide bonds.